The lowest BCUT2D eigenvalue weighted by Gasteiger charge is -2.21. The van der Waals surface area contributed by atoms with Crippen LogP contribution in [0.25, 0.3) is 10.2 Å². The Bertz CT molecular complexity index is 908. The normalized spacial score (nSPS) is 10.9. The number of carbonyl (C=O) groups excluding carboxylic acids is 1. The molecule has 0 aliphatic rings. The number of para-hydroxylation sites is 1. The van der Waals surface area contributed by atoms with Crippen LogP contribution in [-0.2, 0) is 19.6 Å². The van der Waals surface area contributed by atoms with Crippen molar-refractivity contribution in [3.63, 3.8) is 0 Å². The van der Waals surface area contributed by atoms with E-state index in [1.165, 1.54) is 0 Å². The second-order valence-electron chi connectivity index (χ2n) is 5.75. The van der Waals surface area contributed by atoms with E-state index in [0.29, 0.717) is 19.6 Å². The van der Waals surface area contributed by atoms with Crippen molar-refractivity contribution in [1.82, 2.24) is 15.2 Å². The number of thiophene rings is 1. The number of benzene rings is 1. The minimum absolute atomic E-state index is 0.131. The van der Waals surface area contributed by atoms with Gasteiger partial charge in [-0.1, -0.05) is 18.2 Å². The maximum Gasteiger partial charge on any atom is 0.318 e. The first kappa shape index (κ1) is 16.8. The smallest absolute Gasteiger partial charge is 0.318 e. The van der Waals surface area contributed by atoms with E-state index in [9.17, 15) is 4.79 Å². The fourth-order valence-electron chi connectivity index (χ4n) is 2.64. The third-order valence-corrected chi connectivity index (χ3v) is 5.77. The van der Waals surface area contributed by atoms with E-state index in [4.69, 9.17) is 4.42 Å². The van der Waals surface area contributed by atoms with E-state index in [0.717, 1.165) is 25.9 Å². The second-order valence-corrected chi connectivity index (χ2v) is 7.90. The van der Waals surface area contributed by atoms with Crippen LogP contribution in [0.15, 0.2) is 64.6 Å². The zero-order valence-corrected chi connectivity index (χ0v) is 15.6. The summed E-state index contributed by atoms with van der Waals surface area (Å²) >= 11 is 3.24. The number of fused-ring (bicyclic) bond motifs is 1. The molecule has 0 fully saturated rings. The van der Waals surface area contributed by atoms with Crippen molar-refractivity contribution >= 4 is 38.9 Å². The summed E-state index contributed by atoms with van der Waals surface area (Å²) in [5, 5.41) is 5.89. The molecule has 0 aliphatic heterocycles. The van der Waals surface area contributed by atoms with E-state index in [1.807, 2.05) is 53.9 Å². The first-order chi connectivity index (χ1) is 12.8. The highest BCUT2D eigenvalue weighted by atomic mass is 32.1. The van der Waals surface area contributed by atoms with Crippen LogP contribution < -0.4 is 5.32 Å². The van der Waals surface area contributed by atoms with Gasteiger partial charge in [-0.25, -0.2) is 9.78 Å². The molecule has 0 saturated heterocycles. The molecule has 4 rings (SSSR count). The Labute approximate surface area is 158 Å². The number of nitrogens with one attached hydrogen (secondary N) is 1. The van der Waals surface area contributed by atoms with Crippen LogP contribution >= 0.6 is 22.7 Å². The van der Waals surface area contributed by atoms with Gasteiger partial charge >= 0.3 is 6.03 Å². The van der Waals surface area contributed by atoms with Crippen LogP contribution in [0, 0.1) is 0 Å². The molecule has 0 bridgehead atoms. The Morgan fingerprint density at radius 1 is 1.12 bits per heavy atom. The standard InChI is InChI=1S/C19H17N3O2S2/c23-19(20-11-18-21-16-7-1-2-8-17(16)26-18)22(12-14-5-3-9-24-14)13-15-6-4-10-25-15/h1-10H,11-13H2,(H,20,23). The number of urea groups is 1. The average molecular weight is 383 g/mol. The average Bonchev–Trinajstić information content (AvgIpc) is 3.40. The van der Waals surface area contributed by atoms with Crippen LogP contribution in [0.5, 0.6) is 0 Å². The van der Waals surface area contributed by atoms with E-state index in [1.54, 1.807) is 33.8 Å². The van der Waals surface area contributed by atoms with Gasteiger partial charge in [0, 0.05) is 4.88 Å². The van der Waals surface area contributed by atoms with Crippen molar-refractivity contribution in [2.75, 3.05) is 0 Å². The molecule has 0 atom stereocenters. The highest BCUT2D eigenvalue weighted by molar-refractivity contribution is 7.18. The summed E-state index contributed by atoms with van der Waals surface area (Å²) in [4.78, 5) is 20.2. The number of thiazole rings is 1. The van der Waals surface area contributed by atoms with Crippen molar-refractivity contribution in [3.8, 4) is 0 Å². The van der Waals surface area contributed by atoms with Crippen molar-refractivity contribution in [2.45, 2.75) is 19.6 Å². The number of aromatic nitrogens is 1. The monoisotopic (exact) mass is 383 g/mol. The Morgan fingerprint density at radius 3 is 2.81 bits per heavy atom. The van der Waals surface area contributed by atoms with Crippen molar-refractivity contribution in [3.05, 3.63) is 75.8 Å². The number of hydrogen-bond acceptors (Lipinski definition) is 5. The predicted molar refractivity (Wildman–Crippen MR) is 104 cm³/mol. The van der Waals surface area contributed by atoms with Gasteiger partial charge < -0.3 is 14.6 Å². The van der Waals surface area contributed by atoms with Gasteiger partial charge in [-0.05, 0) is 35.7 Å². The van der Waals surface area contributed by atoms with Gasteiger partial charge in [0.25, 0.3) is 0 Å². The van der Waals surface area contributed by atoms with Gasteiger partial charge in [0.1, 0.15) is 10.8 Å². The number of furan rings is 1. The molecule has 0 radical (unpaired) electrons. The minimum atomic E-state index is -0.131. The minimum Gasteiger partial charge on any atom is -0.467 e. The largest absolute Gasteiger partial charge is 0.467 e. The first-order valence-corrected chi connectivity index (χ1v) is 9.89. The van der Waals surface area contributed by atoms with Gasteiger partial charge in [-0.3, -0.25) is 0 Å². The van der Waals surface area contributed by atoms with Crippen molar-refractivity contribution in [1.29, 1.82) is 0 Å². The van der Waals surface area contributed by atoms with Crippen LogP contribution in [0.4, 0.5) is 4.79 Å². The lowest BCUT2D eigenvalue weighted by Crippen LogP contribution is -2.38. The summed E-state index contributed by atoms with van der Waals surface area (Å²) in [5.74, 6) is 0.761. The Morgan fingerprint density at radius 2 is 2.04 bits per heavy atom. The Balaban J connectivity index is 1.44. The molecule has 5 nitrogen and oxygen atoms in total. The summed E-state index contributed by atoms with van der Waals surface area (Å²) in [6.07, 6.45) is 1.62. The molecule has 0 unspecified atom stereocenters. The molecule has 132 valence electrons. The molecular weight excluding hydrogens is 366 g/mol. The molecule has 0 saturated carbocycles. The first-order valence-electron chi connectivity index (χ1n) is 8.20. The number of rotatable bonds is 6. The fraction of sp³-hybridized carbons (Fsp3) is 0.158. The maximum atomic E-state index is 12.7. The molecule has 3 aromatic heterocycles. The van der Waals surface area contributed by atoms with Gasteiger partial charge in [-0.15, -0.1) is 22.7 Å². The molecule has 0 spiro atoms. The third-order valence-electron chi connectivity index (χ3n) is 3.87. The van der Waals surface area contributed by atoms with Gasteiger partial charge in [0.2, 0.25) is 0 Å². The lowest BCUT2D eigenvalue weighted by atomic mass is 10.3. The summed E-state index contributed by atoms with van der Waals surface area (Å²) < 4.78 is 6.54. The van der Waals surface area contributed by atoms with Gasteiger partial charge in [-0.2, -0.15) is 0 Å². The highest BCUT2D eigenvalue weighted by Crippen LogP contribution is 2.21. The fourth-order valence-corrected chi connectivity index (χ4v) is 4.27. The summed E-state index contributed by atoms with van der Waals surface area (Å²) in [6, 6.07) is 15.6. The van der Waals surface area contributed by atoms with E-state index < -0.39 is 0 Å². The second kappa shape index (κ2) is 7.72. The lowest BCUT2D eigenvalue weighted by molar-refractivity contribution is 0.187. The molecule has 0 aliphatic carbocycles. The molecular formula is C19H17N3O2S2. The number of nitrogens with zero attached hydrogens (tertiary/aromatic N) is 2. The predicted octanol–water partition coefficient (Wildman–Crippen LogP) is 4.86. The van der Waals surface area contributed by atoms with Crippen LogP contribution in [-0.4, -0.2) is 15.9 Å². The molecule has 1 aromatic carbocycles. The SMILES string of the molecule is O=C(NCc1nc2ccccc2s1)N(Cc1ccco1)Cc1cccs1. The Kier molecular flexibility index (Phi) is 4.99. The summed E-state index contributed by atoms with van der Waals surface area (Å²) in [7, 11) is 0. The molecule has 2 amide bonds. The van der Waals surface area contributed by atoms with Crippen LogP contribution in [0.2, 0.25) is 0 Å². The topological polar surface area (TPSA) is 58.4 Å². The zero-order valence-electron chi connectivity index (χ0n) is 13.9. The van der Waals surface area contributed by atoms with Crippen molar-refractivity contribution < 1.29 is 9.21 Å². The van der Waals surface area contributed by atoms with Gasteiger partial charge in [0.15, 0.2) is 0 Å². The van der Waals surface area contributed by atoms with Gasteiger partial charge in [0.05, 0.1) is 36.1 Å². The van der Waals surface area contributed by atoms with E-state index >= 15 is 0 Å². The Hall–Kier alpha value is -2.64. The summed E-state index contributed by atoms with van der Waals surface area (Å²) in [6.45, 7) is 1.39. The third kappa shape index (κ3) is 3.95. The van der Waals surface area contributed by atoms with E-state index in [2.05, 4.69) is 10.3 Å². The van der Waals surface area contributed by atoms with Crippen molar-refractivity contribution in [2.24, 2.45) is 0 Å². The number of amides is 2. The summed E-state index contributed by atoms with van der Waals surface area (Å²) in [5.41, 5.74) is 0.966. The molecule has 3 heterocycles. The molecule has 26 heavy (non-hydrogen) atoms. The van der Waals surface area contributed by atoms with Crippen LogP contribution in [0.3, 0.4) is 0 Å². The quantitative estimate of drug-likeness (QED) is 0.517. The number of hydrogen-bond donors (Lipinski definition) is 1. The molecule has 1 N–H and O–H groups in total. The molecule has 7 heteroatoms. The molecule has 4 aromatic rings. The van der Waals surface area contributed by atoms with Crippen LogP contribution in [0.1, 0.15) is 15.6 Å². The number of carbonyl (C=O) groups is 1. The van der Waals surface area contributed by atoms with E-state index in [-0.39, 0.29) is 6.03 Å². The maximum absolute atomic E-state index is 12.7. The highest BCUT2D eigenvalue weighted by Gasteiger charge is 2.17. The zero-order chi connectivity index (χ0) is 17.8.